The first kappa shape index (κ1) is 25.1. The molecule has 180 valence electrons. The highest BCUT2D eigenvalue weighted by Crippen LogP contribution is 2.23. The second kappa shape index (κ2) is 11.6. The molecule has 0 radical (unpaired) electrons. The van der Waals surface area contributed by atoms with Crippen LogP contribution in [0, 0.1) is 5.82 Å². The molecule has 3 rings (SSSR count). The largest absolute Gasteiger partial charge is 0.481 e. The number of nitrogens with zero attached hydrogens (tertiary/aromatic N) is 3. The van der Waals surface area contributed by atoms with Crippen molar-refractivity contribution >= 4 is 21.5 Å². The maximum absolute atomic E-state index is 13.4. The minimum atomic E-state index is -3.37. The van der Waals surface area contributed by atoms with E-state index in [9.17, 15) is 17.6 Å². The molecule has 34 heavy (non-hydrogen) atoms. The Labute approximate surface area is 197 Å². The lowest BCUT2D eigenvalue weighted by atomic mass is 9.96. The van der Waals surface area contributed by atoms with Crippen LogP contribution in [0.1, 0.15) is 36.4 Å². The fourth-order valence-electron chi connectivity index (χ4n) is 3.38. The van der Waals surface area contributed by atoms with Gasteiger partial charge in [-0.05, 0) is 49.1 Å². The van der Waals surface area contributed by atoms with Crippen LogP contribution in [-0.4, -0.2) is 47.6 Å². The lowest BCUT2D eigenvalue weighted by Gasteiger charge is -2.21. The van der Waals surface area contributed by atoms with E-state index in [0.717, 1.165) is 11.8 Å². The van der Waals surface area contributed by atoms with Crippen LogP contribution in [0.2, 0.25) is 0 Å². The summed E-state index contributed by atoms with van der Waals surface area (Å²) < 4.78 is 39.0. The number of hydrogen-bond acceptors (Lipinski definition) is 6. The number of carboxylic acids is 1. The minimum absolute atomic E-state index is 0.0507. The molecule has 0 spiro atoms. The maximum Gasteiger partial charge on any atom is 0.303 e. The molecule has 8 nitrogen and oxygen atoms in total. The van der Waals surface area contributed by atoms with E-state index in [1.54, 1.807) is 43.0 Å². The van der Waals surface area contributed by atoms with Gasteiger partial charge in [0.2, 0.25) is 0 Å². The number of hydrogen-bond donors (Lipinski definition) is 1. The number of carboxylic acid groups (broad SMARTS) is 1. The van der Waals surface area contributed by atoms with Crippen LogP contribution in [0.15, 0.2) is 77.3 Å². The Morgan fingerprint density at radius 2 is 1.85 bits per heavy atom. The van der Waals surface area contributed by atoms with Gasteiger partial charge in [0.05, 0.1) is 17.3 Å². The Hall–Kier alpha value is -3.53. The van der Waals surface area contributed by atoms with E-state index in [1.807, 2.05) is 4.57 Å². The van der Waals surface area contributed by atoms with Crippen LogP contribution in [0.4, 0.5) is 4.39 Å². The number of halogens is 1. The molecule has 10 heteroatoms. The van der Waals surface area contributed by atoms with Gasteiger partial charge in [0.25, 0.3) is 0 Å². The van der Waals surface area contributed by atoms with Gasteiger partial charge >= 0.3 is 5.97 Å². The zero-order valence-corrected chi connectivity index (χ0v) is 19.5. The Morgan fingerprint density at radius 3 is 2.44 bits per heavy atom. The molecule has 2 aromatic carbocycles. The van der Waals surface area contributed by atoms with Gasteiger partial charge in [-0.3, -0.25) is 4.79 Å². The fourth-order valence-corrected chi connectivity index (χ4v) is 4.01. The van der Waals surface area contributed by atoms with Gasteiger partial charge < -0.3 is 14.5 Å². The molecular weight excluding hydrogens is 461 g/mol. The highest BCUT2D eigenvalue weighted by Gasteiger charge is 2.22. The quantitative estimate of drug-likeness (QED) is 0.236. The van der Waals surface area contributed by atoms with Crippen molar-refractivity contribution in [3.05, 3.63) is 84.2 Å². The van der Waals surface area contributed by atoms with Crippen molar-refractivity contribution in [3.8, 4) is 0 Å². The SMILES string of the molecule is CS(=O)(=O)c1ccc(/C(=N\OCCCCC(=O)O)C(Cc2ccc(F)cc2)n2ccnc2)cc1. The number of rotatable bonds is 12. The van der Waals surface area contributed by atoms with Crippen molar-refractivity contribution in [2.24, 2.45) is 5.16 Å². The van der Waals surface area contributed by atoms with Gasteiger partial charge in [-0.15, -0.1) is 0 Å². The normalized spacial score (nSPS) is 12.9. The average molecular weight is 488 g/mol. The van der Waals surface area contributed by atoms with Crippen molar-refractivity contribution in [1.29, 1.82) is 0 Å². The smallest absolute Gasteiger partial charge is 0.303 e. The van der Waals surface area contributed by atoms with Gasteiger partial charge in [-0.2, -0.15) is 0 Å². The molecule has 0 aliphatic heterocycles. The van der Waals surface area contributed by atoms with E-state index in [4.69, 9.17) is 9.94 Å². The summed E-state index contributed by atoms with van der Waals surface area (Å²) in [4.78, 5) is 20.6. The monoisotopic (exact) mass is 487 g/mol. The van der Waals surface area contributed by atoms with E-state index in [-0.39, 0.29) is 29.8 Å². The van der Waals surface area contributed by atoms with E-state index in [0.29, 0.717) is 30.5 Å². The molecule has 0 aliphatic rings. The lowest BCUT2D eigenvalue weighted by Crippen LogP contribution is -2.23. The van der Waals surface area contributed by atoms with Gasteiger partial charge in [0, 0.05) is 30.6 Å². The first-order chi connectivity index (χ1) is 16.2. The molecule has 0 bridgehead atoms. The Morgan fingerprint density at radius 1 is 1.15 bits per heavy atom. The Kier molecular flexibility index (Phi) is 8.53. The minimum Gasteiger partial charge on any atom is -0.481 e. The molecule has 1 aromatic heterocycles. The zero-order chi connectivity index (χ0) is 24.6. The summed E-state index contributed by atoms with van der Waals surface area (Å²) in [5.41, 5.74) is 2.04. The molecule has 1 heterocycles. The van der Waals surface area contributed by atoms with E-state index >= 15 is 0 Å². The van der Waals surface area contributed by atoms with Crippen molar-refractivity contribution < 1.29 is 27.5 Å². The van der Waals surface area contributed by atoms with Gasteiger partial charge in [-0.1, -0.05) is 29.4 Å². The van der Waals surface area contributed by atoms with Gasteiger partial charge in [0.1, 0.15) is 18.1 Å². The third-order valence-corrected chi connectivity index (χ3v) is 6.29. The Bertz CT molecular complexity index is 1210. The molecule has 0 amide bonds. The second-order valence-electron chi connectivity index (χ2n) is 7.81. The van der Waals surface area contributed by atoms with Crippen molar-refractivity contribution in [2.45, 2.75) is 36.6 Å². The molecule has 3 aromatic rings. The summed E-state index contributed by atoms with van der Waals surface area (Å²) in [5.74, 6) is -1.20. The standard InChI is InChI=1S/C24H26FN3O5S/c1-34(31,32)21-11-7-19(8-12-21)24(27-33-15-3-2-4-23(29)30)22(28-14-13-26-17-28)16-18-5-9-20(25)10-6-18/h5-14,17,22H,2-4,15-16H2,1H3,(H,29,30)/b27-24+. The molecule has 1 N–H and O–H groups in total. The summed E-state index contributed by atoms with van der Waals surface area (Å²) in [6, 6.07) is 12.1. The molecule has 0 aliphatic carbocycles. The van der Waals surface area contributed by atoms with Crippen LogP contribution in [-0.2, 0) is 25.9 Å². The fraction of sp³-hybridized carbons (Fsp3) is 0.292. The van der Waals surface area contributed by atoms with Gasteiger partial charge in [-0.25, -0.2) is 17.8 Å². The van der Waals surface area contributed by atoms with Crippen molar-refractivity contribution in [2.75, 3.05) is 12.9 Å². The summed E-state index contributed by atoms with van der Waals surface area (Å²) in [6.07, 6.45) is 7.67. The molecular formula is C24H26FN3O5S. The van der Waals surface area contributed by atoms with Crippen LogP contribution < -0.4 is 0 Å². The molecule has 1 atom stereocenters. The van der Waals surface area contributed by atoms with Crippen LogP contribution in [0.5, 0.6) is 0 Å². The van der Waals surface area contributed by atoms with E-state index in [2.05, 4.69) is 10.1 Å². The van der Waals surface area contributed by atoms with E-state index in [1.165, 1.54) is 24.3 Å². The predicted molar refractivity (Wildman–Crippen MR) is 125 cm³/mol. The first-order valence-corrected chi connectivity index (χ1v) is 12.6. The summed E-state index contributed by atoms with van der Waals surface area (Å²) in [5, 5.41) is 13.1. The average Bonchev–Trinajstić information content (AvgIpc) is 3.33. The van der Waals surface area contributed by atoms with Crippen molar-refractivity contribution in [1.82, 2.24) is 9.55 Å². The van der Waals surface area contributed by atoms with Crippen LogP contribution in [0.25, 0.3) is 0 Å². The van der Waals surface area contributed by atoms with Gasteiger partial charge in [0.15, 0.2) is 9.84 Å². The second-order valence-corrected chi connectivity index (χ2v) is 9.83. The topological polar surface area (TPSA) is 111 Å². The number of unbranched alkanes of at least 4 members (excludes halogenated alkanes) is 1. The number of benzene rings is 2. The maximum atomic E-state index is 13.4. The predicted octanol–water partition coefficient (Wildman–Crippen LogP) is 3.89. The molecule has 0 saturated carbocycles. The number of aliphatic carboxylic acids is 1. The first-order valence-electron chi connectivity index (χ1n) is 10.7. The van der Waals surface area contributed by atoms with Crippen molar-refractivity contribution in [3.63, 3.8) is 0 Å². The summed E-state index contributed by atoms with van der Waals surface area (Å²) in [6.45, 7) is 0.228. The van der Waals surface area contributed by atoms with E-state index < -0.39 is 15.8 Å². The molecule has 1 unspecified atom stereocenters. The number of sulfone groups is 1. The lowest BCUT2D eigenvalue weighted by molar-refractivity contribution is -0.137. The Balaban J connectivity index is 1.93. The molecule has 0 fully saturated rings. The number of aromatic nitrogens is 2. The van der Waals surface area contributed by atoms with Crippen LogP contribution in [0.3, 0.4) is 0 Å². The third kappa shape index (κ3) is 7.24. The number of imidazole rings is 1. The third-order valence-electron chi connectivity index (χ3n) is 5.16. The summed E-state index contributed by atoms with van der Waals surface area (Å²) >= 11 is 0. The highest BCUT2D eigenvalue weighted by molar-refractivity contribution is 7.90. The zero-order valence-electron chi connectivity index (χ0n) is 18.7. The van der Waals surface area contributed by atoms with Crippen LogP contribution >= 0.6 is 0 Å². The highest BCUT2D eigenvalue weighted by atomic mass is 32.2. The summed E-state index contributed by atoms with van der Waals surface area (Å²) in [7, 11) is -3.37. The number of oxime groups is 1. The molecule has 0 saturated heterocycles. The number of carbonyl (C=O) groups is 1.